The molecule has 2 aromatic rings. The van der Waals surface area contributed by atoms with Crippen LogP contribution in [-0.4, -0.2) is 32.6 Å². The van der Waals surface area contributed by atoms with E-state index in [9.17, 15) is 9.59 Å². The third kappa shape index (κ3) is 5.14. The predicted molar refractivity (Wildman–Crippen MR) is 94.0 cm³/mol. The number of amides is 2. The SMILES string of the molecule is O=C(CCCn1cncn1)Nc1ccc(C(=O)NC2CCCC2)cc1. The first-order valence-corrected chi connectivity index (χ1v) is 8.74. The lowest BCUT2D eigenvalue weighted by atomic mass is 10.1. The van der Waals surface area contributed by atoms with Gasteiger partial charge < -0.3 is 10.6 Å². The molecule has 0 saturated heterocycles. The number of hydrogen-bond acceptors (Lipinski definition) is 4. The van der Waals surface area contributed by atoms with E-state index in [4.69, 9.17) is 0 Å². The van der Waals surface area contributed by atoms with Crippen molar-refractivity contribution < 1.29 is 9.59 Å². The minimum absolute atomic E-state index is 0.0439. The van der Waals surface area contributed by atoms with Gasteiger partial charge in [-0.3, -0.25) is 14.3 Å². The van der Waals surface area contributed by atoms with Crippen molar-refractivity contribution in [2.45, 2.75) is 51.1 Å². The van der Waals surface area contributed by atoms with Gasteiger partial charge in [0.1, 0.15) is 12.7 Å². The summed E-state index contributed by atoms with van der Waals surface area (Å²) >= 11 is 0. The van der Waals surface area contributed by atoms with E-state index in [0.717, 1.165) is 12.8 Å². The molecule has 2 amide bonds. The second-order valence-corrected chi connectivity index (χ2v) is 6.34. The molecule has 0 atom stereocenters. The molecular formula is C18H23N5O2. The summed E-state index contributed by atoms with van der Waals surface area (Å²) in [6.45, 7) is 0.660. The summed E-state index contributed by atoms with van der Waals surface area (Å²) in [7, 11) is 0. The lowest BCUT2D eigenvalue weighted by Gasteiger charge is -2.12. The highest BCUT2D eigenvalue weighted by Crippen LogP contribution is 2.18. The van der Waals surface area contributed by atoms with Crippen molar-refractivity contribution >= 4 is 17.5 Å². The van der Waals surface area contributed by atoms with E-state index in [0.29, 0.717) is 36.7 Å². The molecule has 1 aromatic heterocycles. The lowest BCUT2D eigenvalue weighted by molar-refractivity contribution is -0.116. The normalized spacial score (nSPS) is 14.4. The molecule has 0 unspecified atom stereocenters. The molecule has 3 rings (SSSR count). The zero-order valence-electron chi connectivity index (χ0n) is 14.1. The summed E-state index contributed by atoms with van der Waals surface area (Å²) in [5.74, 6) is -0.0964. The fraction of sp³-hybridized carbons (Fsp3) is 0.444. The predicted octanol–water partition coefficient (Wildman–Crippen LogP) is 2.37. The fourth-order valence-corrected chi connectivity index (χ4v) is 3.02. The molecule has 25 heavy (non-hydrogen) atoms. The van der Waals surface area contributed by atoms with Crippen LogP contribution < -0.4 is 10.6 Å². The summed E-state index contributed by atoms with van der Waals surface area (Å²) < 4.78 is 1.70. The van der Waals surface area contributed by atoms with E-state index in [2.05, 4.69) is 20.7 Å². The molecule has 132 valence electrons. The van der Waals surface area contributed by atoms with E-state index in [1.807, 2.05) is 0 Å². The Balaban J connectivity index is 1.43. The number of carbonyl (C=O) groups excluding carboxylic acids is 2. The molecule has 1 fully saturated rings. The summed E-state index contributed by atoms with van der Waals surface area (Å²) in [5, 5.41) is 9.90. The minimum Gasteiger partial charge on any atom is -0.349 e. The Morgan fingerprint density at radius 1 is 1.16 bits per heavy atom. The summed E-state index contributed by atoms with van der Waals surface area (Å²) in [4.78, 5) is 28.0. The molecule has 7 heteroatoms. The molecule has 0 spiro atoms. The van der Waals surface area contributed by atoms with Crippen LogP contribution >= 0.6 is 0 Å². The minimum atomic E-state index is -0.0525. The van der Waals surface area contributed by atoms with Gasteiger partial charge >= 0.3 is 0 Å². The van der Waals surface area contributed by atoms with Crippen LogP contribution in [0.3, 0.4) is 0 Å². The monoisotopic (exact) mass is 341 g/mol. The summed E-state index contributed by atoms with van der Waals surface area (Å²) in [5.41, 5.74) is 1.32. The maximum absolute atomic E-state index is 12.2. The van der Waals surface area contributed by atoms with Gasteiger partial charge in [-0.2, -0.15) is 5.10 Å². The Morgan fingerprint density at radius 2 is 1.92 bits per heavy atom. The summed E-state index contributed by atoms with van der Waals surface area (Å²) in [6.07, 6.45) is 8.71. The van der Waals surface area contributed by atoms with Gasteiger partial charge in [0.05, 0.1) is 0 Å². The topological polar surface area (TPSA) is 88.9 Å². The Hall–Kier alpha value is -2.70. The highest BCUT2D eigenvalue weighted by atomic mass is 16.2. The lowest BCUT2D eigenvalue weighted by Crippen LogP contribution is -2.32. The smallest absolute Gasteiger partial charge is 0.251 e. The average molecular weight is 341 g/mol. The largest absolute Gasteiger partial charge is 0.349 e. The number of carbonyl (C=O) groups is 2. The van der Waals surface area contributed by atoms with Crippen LogP contribution in [0.1, 0.15) is 48.9 Å². The third-order valence-electron chi connectivity index (χ3n) is 4.38. The van der Waals surface area contributed by atoms with Crippen LogP contribution in [-0.2, 0) is 11.3 Å². The van der Waals surface area contributed by atoms with Gasteiger partial charge in [-0.05, 0) is 43.5 Å². The first-order valence-electron chi connectivity index (χ1n) is 8.74. The highest BCUT2D eigenvalue weighted by molar-refractivity contribution is 5.96. The quantitative estimate of drug-likeness (QED) is 0.809. The van der Waals surface area contributed by atoms with E-state index in [1.54, 1.807) is 35.3 Å². The number of anilines is 1. The van der Waals surface area contributed by atoms with Gasteiger partial charge in [0.15, 0.2) is 0 Å². The second-order valence-electron chi connectivity index (χ2n) is 6.34. The van der Waals surface area contributed by atoms with E-state index < -0.39 is 0 Å². The van der Waals surface area contributed by atoms with Gasteiger partial charge in [-0.25, -0.2) is 4.98 Å². The first-order chi connectivity index (χ1) is 12.2. The fourth-order valence-electron chi connectivity index (χ4n) is 3.02. The van der Waals surface area contributed by atoms with Gasteiger partial charge in [0.2, 0.25) is 5.91 Å². The standard InChI is InChI=1S/C18H23N5O2/c24-17(6-3-11-23-13-19-12-20-23)21-16-9-7-14(8-10-16)18(25)22-15-4-1-2-5-15/h7-10,12-13,15H,1-6,11H2,(H,21,24)(H,22,25). The third-order valence-corrected chi connectivity index (χ3v) is 4.38. The number of aryl methyl sites for hydroxylation is 1. The van der Waals surface area contributed by atoms with Gasteiger partial charge in [-0.15, -0.1) is 0 Å². The van der Waals surface area contributed by atoms with Crippen molar-refractivity contribution in [1.82, 2.24) is 20.1 Å². The van der Waals surface area contributed by atoms with Crippen molar-refractivity contribution in [3.63, 3.8) is 0 Å². The zero-order chi connectivity index (χ0) is 17.5. The van der Waals surface area contributed by atoms with Crippen LogP contribution in [0, 0.1) is 0 Å². The van der Waals surface area contributed by atoms with Crippen LogP contribution in [0.4, 0.5) is 5.69 Å². The maximum Gasteiger partial charge on any atom is 0.251 e. The molecule has 1 saturated carbocycles. The van der Waals surface area contributed by atoms with E-state index in [-0.39, 0.29) is 11.8 Å². The Kier molecular flexibility index (Phi) is 5.77. The number of aromatic nitrogens is 3. The van der Waals surface area contributed by atoms with Crippen LogP contribution in [0.25, 0.3) is 0 Å². The number of hydrogen-bond donors (Lipinski definition) is 2. The van der Waals surface area contributed by atoms with Gasteiger partial charge in [-0.1, -0.05) is 12.8 Å². The number of benzene rings is 1. The first kappa shape index (κ1) is 17.1. The summed E-state index contributed by atoms with van der Waals surface area (Å²) in [6, 6.07) is 7.32. The van der Waals surface area contributed by atoms with Crippen molar-refractivity contribution in [3.05, 3.63) is 42.5 Å². The van der Waals surface area contributed by atoms with Crippen molar-refractivity contribution in [1.29, 1.82) is 0 Å². The number of rotatable bonds is 7. The molecule has 7 nitrogen and oxygen atoms in total. The second kappa shape index (κ2) is 8.41. The van der Waals surface area contributed by atoms with Crippen molar-refractivity contribution in [2.75, 3.05) is 5.32 Å². The molecule has 0 radical (unpaired) electrons. The van der Waals surface area contributed by atoms with Gasteiger partial charge in [0, 0.05) is 30.3 Å². The van der Waals surface area contributed by atoms with E-state index in [1.165, 1.54) is 19.2 Å². The number of nitrogens with one attached hydrogen (secondary N) is 2. The average Bonchev–Trinajstić information content (AvgIpc) is 3.29. The molecular weight excluding hydrogens is 318 g/mol. The maximum atomic E-state index is 12.2. The molecule has 1 aliphatic rings. The van der Waals surface area contributed by atoms with Crippen LogP contribution in [0.15, 0.2) is 36.9 Å². The molecule has 0 bridgehead atoms. The highest BCUT2D eigenvalue weighted by Gasteiger charge is 2.17. The zero-order valence-corrected chi connectivity index (χ0v) is 14.1. The molecule has 1 heterocycles. The molecule has 1 aromatic carbocycles. The van der Waals surface area contributed by atoms with Gasteiger partial charge in [0.25, 0.3) is 5.91 Å². The Labute approximate surface area is 146 Å². The Bertz CT molecular complexity index is 691. The van der Waals surface area contributed by atoms with Crippen LogP contribution in [0.5, 0.6) is 0 Å². The van der Waals surface area contributed by atoms with E-state index >= 15 is 0 Å². The van der Waals surface area contributed by atoms with Crippen LogP contribution in [0.2, 0.25) is 0 Å². The Morgan fingerprint density at radius 3 is 2.60 bits per heavy atom. The number of nitrogens with zero attached hydrogens (tertiary/aromatic N) is 3. The van der Waals surface area contributed by atoms with Crippen molar-refractivity contribution in [3.8, 4) is 0 Å². The molecule has 0 aliphatic heterocycles. The molecule has 1 aliphatic carbocycles. The van der Waals surface area contributed by atoms with Crippen molar-refractivity contribution in [2.24, 2.45) is 0 Å². The molecule has 2 N–H and O–H groups in total.